The summed E-state index contributed by atoms with van der Waals surface area (Å²) in [6.45, 7) is 2.24. The molecule has 0 aliphatic heterocycles. The number of alkyl carbamates (subject to hydrolysis) is 1. The minimum absolute atomic E-state index is 0.0573. The van der Waals surface area contributed by atoms with Gasteiger partial charge in [-0.25, -0.2) is 9.59 Å². The molecule has 0 aromatic heterocycles. The minimum Gasteiger partial charge on any atom is -0.478 e. The molecule has 0 radical (unpaired) electrons. The second-order valence-electron chi connectivity index (χ2n) is 8.55. The third kappa shape index (κ3) is 6.23. The van der Waals surface area contributed by atoms with E-state index in [2.05, 4.69) is 22.8 Å². The van der Waals surface area contributed by atoms with E-state index in [0.717, 1.165) is 22.3 Å². The molecule has 0 fully saturated rings. The maximum atomic E-state index is 12.7. The second kappa shape index (κ2) is 11.5. The lowest BCUT2D eigenvalue weighted by Gasteiger charge is -2.21. The summed E-state index contributed by atoms with van der Waals surface area (Å²) in [5.41, 5.74) is 4.63. The normalized spacial score (nSPS) is 13.7. The van der Waals surface area contributed by atoms with Gasteiger partial charge in [-0.2, -0.15) is 0 Å². The number of benzene rings is 2. The summed E-state index contributed by atoms with van der Waals surface area (Å²) in [4.78, 5) is 38.1. The molecule has 1 aliphatic rings. The predicted octanol–water partition coefficient (Wildman–Crippen LogP) is 2.99. The average molecular weight is 466 g/mol. The van der Waals surface area contributed by atoms with Crippen molar-refractivity contribution < 1.29 is 24.2 Å². The molecule has 1 unspecified atom stereocenters. The average Bonchev–Trinajstić information content (AvgIpc) is 3.13. The number of fused-ring (bicyclic) bond motifs is 3. The maximum Gasteiger partial charge on any atom is 0.407 e. The topological polar surface area (TPSA) is 108 Å². The molecule has 3 N–H and O–H groups in total. The molecule has 3 rings (SSSR count). The number of carbonyl (C=O) groups is 3. The minimum atomic E-state index is -1.05. The van der Waals surface area contributed by atoms with Crippen LogP contribution >= 0.6 is 0 Å². The van der Waals surface area contributed by atoms with Gasteiger partial charge in [0.25, 0.3) is 0 Å². The van der Waals surface area contributed by atoms with E-state index >= 15 is 0 Å². The number of hydrogen-bond donors (Lipinski definition) is 3. The van der Waals surface area contributed by atoms with Gasteiger partial charge in [0.05, 0.1) is 0 Å². The lowest BCUT2D eigenvalue weighted by atomic mass is 9.98. The molecule has 8 heteroatoms. The van der Waals surface area contributed by atoms with Crippen LogP contribution in [0.15, 0.2) is 60.2 Å². The molecule has 0 saturated heterocycles. The Labute approximate surface area is 199 Å². The first-order chi connectivity index (χ1) is 16.3. The highest BCUT2D eigenvalue weighted by Gasteiger charge is 2.29. The highest BCUT2D eigenvalue weighted by atomic mass is 16.5. The van der Waals surface area contributed by atoms with Crippen LogP contribution in [0, 0.1) is 0 Å². The standard InChI is InChI=1S/C26H31N3O5/c1-17(25(31)32)12-14-27-24(30)23(13-15-29(2)3)28-26(33)34-16-22-20-10-6-4-8-18(20)19-9-5-7-11-21(19)22/h4-12,22-23H,13-16H2,1-3H3,(H,27,30)(H,28,33)(H,31,32)/b17-12+. The third-order valence-electron chi connectivity index (χ3n) is 5.84. The van der Waals surface area contributed by atoms with Crippen molar-refractivity contribution in [3.8, 4) is 11.1 Å². The van der Waals surface area contributed by atoms with Gasteiger partial charge in [-0.3, -0.25) is 4.79 Å². The summed E-state index contributed by atoms with van der Waals surface area (Å²) in [6.07, 6.45) is 1.12. The zero-order chi connectivity index (χ0) is 24.7. The number of nitrogens with zero attached hydrogens (tertiary/aromatic N) is 1. The van der Waals surface area contributed by atoms with Gasteiger partial charge >= 0.3 is 12.1 Å². The molecule has 2 aromatic rings. The summed E-state index contributed by atoms with van der Waals surface area (Å²) in [5.74, 6) is -1.52. The molecular weight excluding hydrogens is 434 g/mol. The predicted molar refractivity (Wildman–Crippen MR) is 130 cm³/mol. The van der Waals surface area contributed by atoms with Crippen molar-refractivity contribution in [3.05, 3.63) is 71.3 Å². The molecule has 0 heterocycles. The van der Waals surface area contributed by atoms with E-state index in [4.69, 9.17) is 9.84 Å². The Hall–Kier alpha value is -3.65. The van der Waals surface area contributed by atoms with Gasteiger partial charge in [-0.15, -0.1) is 0 Å². The zero-order valence-corrected chi connectivity index (χ0v) is 19.7. The first kappa shape index (κ1) is 25.0. The summed E-state index contributed by atoms with van der Waals surface area (Å²) in [6, 6.07) is 15.3. The van der Waals surface area contributed by atoms with Crippen LogP contribution in [-0.4, -0.2) is 67.8 Å². The van der Waals surface area contributed by atoms with Crippen molar-refractivity contribution in [1.29, 1.82) is 0 Å². The highest BCUT2D eigenvalue weighted by Crippen LogP contribution is 2.44. The van der Waals surface area contributed by atoms with E-state index in [1.165, 1.54) is 13.0 Å². The van der Waals surface area contributed by atoms with Gasteiger partial charge in [0.1, 0.15) is 12.6 Å². The van der Waals surface area contributed by atoms with Crippen LogP contribution in [-0.2, 0) is 14.3 Å². The van der Waals surface area contributed by atoms with Gasteiger partial charge in [0, 0.05) is 18.0 Å². The molecule has 0 spiro atoms. The molecule has 0 bridgehead atoms. The number of nitrogens with one attached hydrogen (secondary N) is 2. The molecule has 1 atom stereocenters. The van der Waals surface area contributed by atoms with Crippen LogP contribution in [0.25, 0.3) is 11.1 Å². The molecule has 0 saturated carbocycles. The number of carboxylic acids is 1. The van der Waals surface area contributed by atoms with Gasteiger partial charge in [-0.05, 0) is 56.2 Å². The number of ether oxygens (including phenoxy) is 1. The van der Waals surface area contributed by atoms with Crippen LogP contribution in [0.4, 0.5) is 4.79 Å². The number of hydrogen-bond acceptors (Lipinski definition) is 5. The Balaban J connectivity index is 1.62. The van der Waals surface area contributed by atoms with Crippen LogP contribution in [0.3, 0.4) is 0 Å². The van der Waals surface area contributed by atoms with Gasteiger partial charge < -0.3 is 25.4 Å². The Bertz CT molecular complexity index is 1030. The Morgan fingerprint density at radius 3 is 2.21 bits per heavy atom. The lowest BCUT2D eigenvalue weighted by Crippen LogP contribution is -2.48. The first-order valence-corrected chi connectivity index (χ1v) is 11.2. The number of carboxylic acid groups (broad SMARTS) is 1. The SMILES string of the molecule is C/C(=C\CNC(=O)C(CCN(C)C)NC(=O)OCC1c2ccccc2-c2ccccc21)C(=O)O. The monoisotopic (exact) mass is 465 g/mol. The first-order valence-electron chi connectivity index (χ1n) is 11.2. The van der Waals surface area contributed by atoms with E-state index in [9.17, 15) is 14.4 Å². The fourth-order valence-electron chi connectivity index (χ4n) is 3.95. The van der Waals surface area contributed by atoms with Crippen molar-refractivity contribution in [1.82, 2.24) is 15.5 Å². The Kier molecular flexibility index (Phi) is 8.43. The van der Waals surface area contributed by atoms with Gasteiger partial charge in [-0.1, -0.05) is 54.6 Å². The molecule has 1 aliphatic carbocycles. The van der Waals surface area contributed by atoms with Crippen molar-refractivity contribution >= 4 is 18.0 Å². The zero-order valence-electron chi connectivity index (χ0n) is 19.7. The molecule has 2 aromatic carbocycles. The second-order valence-corrected chi connectivity index (χ2v) is 8.55. The van der Waals surface area contributed by atoms with Gasteiger partial charge in [0.15, 0.2) is 0 Å². The number of carbonyl (C=O) groups excluding carboxylic acids is 2. The van der Waals surface area contributed by atoms with Crippen molar-refractivity contribution in [2.75, 3.05) is 33.8 Å². The smallest absolute Gasteiger partial charge is 0.407 e. The number of aliphatic carboxylic acids is 1. The van der Waals surface area contributed by atoms with Crippen LogP contribution in [0.2, 0.25) is 0 Å². The van der Waals surface area contributed by atoms with Crippen LogP contribution in [0.5, 0.6) is 0 Å². The highest BCUT2D eigenvalue weighted by molar-refractivity contribution is 5.87. The van der Waals surface area contributed by atoms with E-state index in [1.807, 2.05) is 55.4 Å². The summed E-state index contributed by atoms with van der Waals surface area (Å²) >= 11 is 0. The largest absolute Gasteiger partial charge is 0.478 e. The van der Waals surface area contributed by atoms with E-state index in [1.54, 1.807) is 0 Å². The molecule has 8 nitrogen and oxygen atoms in total. The molecular formula is C26H31N3O5. The van der Waals surface area contributed by atoms with E-state index < -0.39 is 24.0 Å². The fraction of sp³-hybridized carbons (Fsp3) is 0.346. The van der Waals surface area contributed by atoms with Crippen molar-refractivity contribution in [2.45, 2.75) is 25.3 Å². The van der Waals surface area contributed by atoms with E-state index in [-0.39, 0.29) is 24.6 Å². The fourth-order valence-corrected chi connectivity index (χ4v) is 3.95. The van der Waals surface area contributed by atoms with Gasteiger partial charge in [0.2, 0.25) is 5.91 Å². The maximum absolute atomic E-state index is 12.7. The molecule has 2 amide bonds. The molecule has 34 heavy (non-hydrogen) atoms. The Morgan fingerprint density at radius 1 is 1.06 bits per heavy atom. The van der Waals surface area contributed by atoms with E-state index in [0.29, 0.717) is 13.0 Å². The summed E-state index contributed by atoms with van der Waals surface area (Å²) < 4.78 is 5.57. The van der Waals surface area contributed by atoms with Crippen LogP contribution < -0.4 is 10.6 Å². The quantitative estimate of drug-likeness (QED) is 0.466. The third-order valence-corrected chi connectivity index (χ3v) is 5.84. The van der Waals surface area contributed by atoms with Crippen molar-refractivity contribution in [2.24, 2.45) is 0 Å². The summed E-state index contributed by atoms with van der Waals surface area (Å²) in [5, 5.41) is 14.3. The van der Waals surface area contributed by atoms with Crippen molar-refractivity contribution in [3.63, 3.8) is 0 Å². The Morgan fingerprint density at radius 2 is 1.65 bits per heavy atom. The molecule has 180 valence electrons. The number of rotatable bonds is 10. The lowest BCUT2D eigenvalue weighted by molar-refractivity contribution is -0.132. The summed E-state index contributed by atoms with van der Waals surface area (Å²) in [7, 11) is 3.75. The number of amides is 2. The van der Waals surface area contributed by atoms with Crippen LogP contribution in [0.1, 0.15) is 30.4 Å².